The first-order valence-corrected chi connectivity index (χ1v) is 9.55. The van der Waals surface area contributed by atoms with Gasteiger partial charge in [-0.05, 0) is 32.7 Å². The predicted molar refractivity (Wildman–Crippen MR) is 108 cm³/mol. The topological polar surface area (TPSA) is 263 Å². The average molecular weight is 445 g/mol. The van der Waals surface area contributed by atoms with E-state index in [9.17, 15) is 33.9 Å². The van der Waals surface area contributed by atoms with Crippen LogP contribution in [0.1, 0.15) is 39.0 Å². The third-order valence-corrected chi connectivity index (χ3v) is 4.11. The lowest BCUT2D eigenvalue weighted by Gasteiger charge is -2.23. The number of nitrogens with two attached hydrogens (primary N) is 4. The molecule has 0 aromatic carbocycles. The van der Waals surface area contributed by atoms with E-state index in [1.54, 1.807) is 0 Å². The highest BCUT2D eigenvalue weighted by molar-refractivity contribution is 5.96. The first kappa shape index (κ1) is 27.7. The molecule has 5 amide bonds. The zero-order valence-corrected chi connectivity index (χ0v) is 17.3. The Morgan fingerprint density at radius 1 is 0.806 bits per heavy atom. The fourth-order valence-corrected chi connectivity index (χ4v) is 2.43. The fraction of sp³-hybridized carbons (Fsp3) is 0.647. The molecule has 0 heterocycles. The number of carboxylic acid groups (broad SMARTS) is 1. The van der Waals surface area contributed by atoms with E-state index in [4.69, 9.17) is 22.9 Å². The number of amides is 5. The van der Waals surface area contributed by atoms with Gasteiger partial charge in [0.25, 0.3) is 0 Å². The second kappa shape index (κ2) is 13.9. The normalized spacial score (nSPS) is 14.4. The summed E-state index contributed by atoms with van der Waals surface area (Å²) in [5, 5.41) is 16.0. The number of unbranched alkanes of at least 4 members (excludes halogenated alkanes) is 1. The number of carboxylic acids is 1. The Balaban J connectivity index is 5.09. The van der Waals surface area contributed by atoms with Crippen LogP contribution in [-0.2, 0) is 28.8 Å². The average Bonchev–Trinajstić information content (AvgIpc) is 2.65. The highest BCUT2D eigenvalue weighted by Gasteiger charge is 2.29. The molecule has 0 aromatic heterocycles. The second-order valence-corrected chi connectivity index (χ2v) is 6.92. The van der Waals surface area contributed by atoms with E-state index in [1.807, 2.05) is 0 Å². The van der Waals surface area contributed by atoms with Crippen LogP contribution in [0.3, 0.4) is 0 Å². The molecule has 4 atom stereocenters. The summed E-state index contributed by atoms with van der Waals surface area (Å²) < 4.78 is 0. The molecule has 14 nitrogen and oxygen atoms in total. The zero-order chi connectivity index (χ0) is 24.1. The van der Waals surface area contributed by atoms with Crippen LogP contribution in [0.15, 0.2) is 0 Å². The predicted octanol–water partition coefficient (Wildman–Crippen LogP) is -4.25. The SMILES string of the molecule is CC(NC(=O)C(N)CC(N)=O)C(=O)NC(CC(N)=O)C(=O)NC(CCCCN)C(=O)O. The zero-order valence-electron chi connectivity index (χ0n) is 17.3. The van der Waals surface area contributed by atoms with Gasteiger partial charge in [0.1, 0.15) is 18.1 Å². The number of carbonyl (C=O) groups is 6. The van der Waals surface area contributed by atoms with Crippen molar-refractivity contribution in [3.8, 4) is 0 Å². The van der Waals surface area contributed by atoms with Gasteiger partial charge in [0.05, 0.1) is 18.9 Å². The van der Waals surface area contributed by atoms with Gasteiger partial charge in [-0.3, -0.25) is 24.0 Å². The van der Waals surface area contributed by atoms with Crippen LogP contribution in [0.4, 0.5) is 0 Å². The molecule has 176 valence electrons. The van der Waals surface area contributed by atoms with E-state index in [1.165, 1.54) is 6.92 Å². The lowest BCUT2D eigenvalue weighted by atomic mass is 10.1. The molecule has 0 bridgehead atoms. The van der Waals surface area contributed by atoms with Crippen molar-refractivity contribution >= 4 is 35.5 Å². The third kappa shape index (κ3) is 11.5. The molecular formula is C17H31N7O7. The Hall–Kier alpha value is -3.26. The highest BCUT2D eigenvalue weighted by Crippen LogP contribution is 2.03. The summed E-state index contributed by atoms with van der Waals surface area (Å²) in [6.07, 6.45) is 0.0489. The Bertz CT molecular complexity index is 686. The molecule has 0 saturated heterocycles. The van der Waals surface area contributed by atoms with Crippen molar-refractivity contribution in [1.82, 2.24) is 16.0 Å². The highest BCUT2D eigenvalue weighted by atomic mass is 16.4. The van der Waals surface area contributed by atoms with Gasteiger partial charge in [0.2, 0.25) is 29.5 Å². The minimum Gasteiger partial charge on any atom is -0.480 e. The lowest BCUT2D eigenvalue weighted by molar-refractivity contribution is -0.142. The van der Waals surface area contributed by atoms with Gasteiger partial charge < -0.3 is 44.0 Å². The molecule has 0 radical (unpaired) electrons. The minimum absolute atomic E-state index is 0.0969. The largest absolute Gasteiger partial charge is 0.480 e. The van der Waals surface area contributed by atoms with Crippen LogP contribution < -0.4 is 38.9 Å². The maximum absolute atomic E-state index is 12.5. The number of aliphatic carboxylic acids is 1. The molecule has 0 rings (SSSR count). The minimum atomic E-state index is -1.47. The summed E-state index contributed by atoms with van der Waals surface area (Å²) in [6, 6.07) is -5.20. The second-order valence-electron chi connectivity index (χ2n) is 6.92. The van der Waals surface area contributed by atoms with Gasteiger partial charge >= 0.3 is 5.97 Å². The molecule has 0 aliphatic rings. The van der Waals surface area contributed by atoms with Crippen molar-refractivity contribution in [1.29, 1.82) is 0 Å². The number of nitrogens with one attached hydrogen (secondary N) is 3. The molecule has 12 N–H and O–H groups in total. The summed E-state index contributed by atoms with van der Waals surface area (Å²) in [7, 11) is 0. The Morgan fingerprint density at radius 3 is 1.84 bits per heavy atom. The van der Waals surface area contributed by atoms with E-state index in [0.717, 1.165) is 0 Å². The fourth-order valence-electron chi connectivity index (χ4n) is 2.43. The Kier molecular flexibility index (Phi) is 12.4. The summed E-state index contributed by atoms with van der Waals surface area (Å²) >= 11 is 0. The maximum atomic E-state index is 12.5. The van der Waals surface area contributed by atoms with Crippen molar-refractivity contribution in [3.63, 3.8) is 0 Å². The van der Waals surface area contributed by atoms with Crippen molar-refractivity contribution in [2.45, 2.75) is 63.2 Å². The molecular weight excluding hydrogens is 414 g/mol. The lowest BCUT2D eigenvalue weighted by Crippen LogP contribution is -2.57. The van der Waals surface area contributed by atoms with Crippen LogP contribution in [0.5, 0.6) is 0 Å². The molecule has 14 heteroatoms. The van der Waals surface area contributed by atoms with E-state index >= 15 is 0 Å². The van der Waals surface area contributed by atoms with Crippen LogP contribution in [0.2, 0.25) is 0 Å². The van der Waals surface area contributed by atoms with Crippen molar-refractivity contribution in [2.24, 2.45) is 22.9 Å². The van der Waals surface area contributed by atoms with Gasteiger partial charge in [0, 0.05) is 0 Å². The number of carbonyl (C=O) groups excluding carboxylic acids is 5. The first-order valence-electron chi connectivity index (χ1n) is 9.55. The van der Waals surface area contributed by atoms with E-state index in [0.29, 0.717) is 19.4 Å². The van der Waals surface area contributed by atoms with E-state index < -0.39 is 72.5 Å². The molecule has 0 saturated carbocycles. The molecule has 4 unspecified atom stereocenters. The molecule has 0 aromatic rings. The Morgan fingerprint density at radius 2 is 1.35 bits per heavy atom. The number of hydrogen-bond acceptors (Lipinski definition) is 8. The van der Waals surface area contributed by atoms with Gasteiger partial charge in [-0.2, -0.15) is 0 Å². The van der Waals surface area contributed by atoms with Crippen molar-refractivity contribution in [3.05, 3.63) is 0 Å². The first-order chi connectivity index (χ1) is 14.4. The van der Waals surface area contributed by atoms with Crippen LogP contribution in [0, 0.1) is 0 Å². The van der Waals surface area contributed by atoms with Crippen LogP contribution >= 0.6 is 0 Å². The standard InChI is InChI=1S/C17H31N7O7/c1-8(22-15(28)9(19)6-12(20)25)14(27)24-11(7-13(21)26)16(29)23-10(17(30)31)4-2-3-5-18/h8-11H,2-7,18-19H2,1H3,(H2,20,25)(H2,21,26)(H,22,28)(H,23,29)(H,24,27)(H,30,31). The van der Waals surface area contributed by atoms with Gasteiger partial charge in [0.15, 0.2) is 0 Å². The monoisotopic (exact) mass is 445 g/mol. The molecule has 31 heavy (non-hydrogen) atoms. The molecule has 0 fully saturated rings. The number of hydrogen-bond donors (Lipinski definition) is 8. The van der Waals surface area contributed by atoms with Crippen LogP contribution in [0.25, 0.3) is 0 Å². The molecule has 0 aliphatic heterocycles. The quantitative estimate of drug-likeness (QED) is 0.113. The van der Waals surface area contributed by atoms with Gasteiger partial charge in [-0.25, -0.2) is 4.79 Å². The maximum Gasteiger partial charge on any atom is 0.326 e. The molecule has 0 spiro atoms. The van der Waals surface area contributed by atoms with Gasteiger partial charge in [-0.15, -0.1) is 0 Å². The summed E-state index contributed by atoms with van der Waals surface area (Å²) in [4.78, 5) is 70.1. The smallest absolute Gasteiger partial charge is 0.326 e. The number of primary amides is 2. The Labute approximate surface area is 178 Å². The van der Waals surface area contributed by atoms with Crippen LogP contribution in [-0.4, -0.2) is 71.3 Å². The van der Waals surface area contributed by atoms with Crippen molar-refractivity contribution < 1.29 is 33.9 Å². The van der Waals surface area contributed by atoms with Crippen molar-refractivity contribution in [2.75, 3.05) is 6.54 Å². The van der Waals surface area contributed by atoms with E-state index in [-0.39, 0.29) is 6.42 Å². The van der Waals surface area contributed by atoms with Gasteiger partial charge in [-0.1, -0.05) is 0 Å². The summed E-state index contributed by atoms with van der Waals surface area (Å²) in [5.74, 6) is -5.65. The molecule has 0 aliphatic carbocycles. The third-order valence-electron chi connectivity index (χ3n) is 4.11. The summed E-state index contributed by atoms with van der Waals surface area (Å²) in [6.45, 7) is 1.63. The summed E-state index contributed by atoms with van der Waals surface area (Å²) in [5.41, 5.74) is 20.9. The number of rotatable bonds is 15. The van der Waals surface area contributed by atoms with E-state index in [2.05, 4.69) is 16.0 Å².